The van der Waals surface area contributed by atoms with Crippen LogP contribution in [0, 0.1) is 0 Å². The van der Waals surface area contributed by atoms with E-state index in [1.54, 1.807) is 7.11 Å². The average molecular weight is 390 g/mol. The highest BCUT2D eigenvalue weighted by Crippen LogP contribution is 2.20. The Morgan fingerprint density at radius 1 is 1.03 bits per heavy atom. The molecule has 4 rings (SSSR count). The van der Waals surface area contributed by atoms with Crippen molar-refractivity contribution in [3.63, 3.8) is 0 Å². The molecule has 6 heteroatoms. The van der Waals surface area contributed by atoms with Crippen LogP contribution in [-0.2, 0) is 17.8 Å². The fraction of sp³-hybridized carbons (Fsp3) is 0.348. The van der Waals surface area contributed by atoms with Crippen LogP contribution in [0.1, 0.15) is 24.1 Å². The predicted molar refractivity (Wildman–Crippen MR) is 111 cm³/mol. The number of rotatable bonds is 8. The Bertz CT molecular complexity index is 879. The lowest BCUT2D eigenvalue weighted by atomic mass is 10.2. The van der Waals surface area contributed by atoms with E-state index in [-0.39, 0.29) is 0 Å². The third-order valence-corrected chi connectivity index (χ3v) is 5.06. The van der Waals surface area contributed by atoms with E-state index < -0.39 is 0 Å². The Labute approximate surface area is 171 Å². The predicted octanol–water partition coefficient (Wildman–Crippen LogP) is 3.73. The largest absolute Gasteiger partial charge is 0.497 e. The summed E-state index contributed by atoms with van der Waals surface area (Å²) < 4.78 is 11.1. The monoisotopic (exact) mass is 390 g/mol. The van der Waals surface area contributed by atoms with Gasteiger partial charge in [-0.15, -0.1) is 0 Å². The molecular formula is C23H26N4O2. The van der Waals surface area contributed by atoms with E-state index in [0.29, 0.717) is 11.9 Å². The molecule has 2 aromatic heterocycles. The molecule has 0 N–H and O–H groups in total. The van der Waals surface area contributed by atoms with Gasteiger partial charge in [-0.3, -0.25) is 9.88 Å². The summed E-state index contributed by atoms with van der Waals surface area (Å²) >= 11 is 0. The van der Waals surface area contributed by atoms with E-state index in [4.69, 9.17) is 9.47 Å². The number of methoxy groups -OCH3 is 1. The van der Waals surface area contributed by atoms with Gasteiger partial charge >= 0.3 is 0 Å². The van der Waals surface area contributed by atoms with Gasteiger partial charge in [0.2, 0.25) is 0 Å². The van der Waals surface area contributed by atoms with Gasteiger partial charge < -0.3 is 9.47 Å². The summed E-state index contributed by atoms with van der Waals surface area (Å²) in [7, 11) is 1.66. The van der Waals surface area contributed by atoms with Crippen molar-refractivity contribution in [1.29, 1.82) is 0 Å². The first-order valence-electron chi connectivity index (χ1n) is 9.99. The van der Waals surface area contributed by atoms with E-state index in [0.717, 1.165) is 61.7 Å². The van der Waals surface area contributed by atoms with Crippen LogP contribution >= 0.6 is 0 Å². The molecule has 0 bridgehead atoms. The maximum Gasteiger partial charge on any atom is 0.159 e. The Balaban J connectivity index is 1.45. The molecule has 0 spiro atoms. The van der Waals surface area contributed by atoms with Crippen LogP contribution in [0.15, 0.2) is 61.1 Å². The molecule has 3 aromatic rings. The van der Waals surface area contributed by atoms with Gasteiger partial charge in [-0.25, -0.2) is 9.97 Å². The fourth-order valence-corrected chi connectivity index (χ4v) is 3.57. The summed E-state index contributed by atoms with van der Waals surface area (Å²) in [5, 5.41) is 0. The Kier molecular flexibility index (Phi) is 6.44. The first-order chi connectivity index (χ1) is 14.3. The molecule has 6 nitrogen and oxygen atoms in total. The second kappa shape index (κ2) is 9.58. The minimum absolute atomic E-state index is 0.290. The lowest BCUT2D eigenvalue weighted by molar-refractivity contribution is 0.0674. The number of benzene rings is 1. The van der Waals surface area contributed by atoms with E-state index in [2.05, 4.69) is 25.9 Å². The van der Waals surface area contributed by atoms with E-state index in [9.17, 15) is 0 Å². The molecule has 0 radical (unpaired) electrons. The molecule has 150 valence electrons. The van der Waals surface area contributed by atoms with E-state index >= 15 is 0 Å². The van der Waals surface area contributed by atoms with Crippen LogP contribution in [0.3, 0.4) is 0 Å². The van der Waals surface area contributed by atoms with Crippen LogP contribution in [0.4, 0.5) is 0 Å². The summed E-state index contributed by atoms with van der Waals surface area (Å²) in [6, 6.07) is 13.8. The third kappa shape index (κ3) is 5.37. The summed E-state index contributed by atoms with van der Waals surface area (Å²) in [4.78, 5) is 16.0. The Morgan fingerprint density at radius 2 is 1.86 bits per heavy atom. The Hall–Kier alpha value is -2.83. The van der Waals surface area contributed by atoms with Crippen LogP contribution in [0.5, 0.6) is 5.75 Å². The van der Waals surface area contributed by atoms with Crippen molar-refractivity contribution >= 4 is 0 Å². The number of aromatic nitrogens is 3. The highest BCUT2D eigenvalue weighted by molar-refractivity contribution is 5.55. The minimum Gasteiger partial charge on any atom is -0.497 e. The highest BCUT2D eigenvalue weighted by atomic mass is 16.5. The molecule has 1 fully saturated rings. The van der Waals surface area contributed by atoms with Crippen LogP contribution in [-0.4, -0.2) is 46.2 Å². The zero-order valence-electron chi connectivity index (χ0n) is 16.7. The lowest BCUT2D eigenvalue weighted by Gasteiger charge is -2.24. The van der Waals surface area contributed by atoms with Crippen LogP contribution in [0.2, 0.25) is 0 Å². The van der Waals surface area contributed by atoms with Crippen molar-refractivity contribution in [3.05, 3.63) is 72.3 Å². The quantitative estimate of drug-likeness (QED) is 0.584. The van der Waals surface area contributed by atoms with Gasteiger partial charge in [-0.2, -0.15) is 0 Å². The van der Waals surface area contributed by atoms with Gasteiger partial charge in [0.05, 0.1) is 18.9 Å². The lowest BCUT2D eigenvalue weighted by Crippen LogP contribution is -2.31. The topological polar surface area (TPSA) is 60.4 Å². The molecule has 0 aliphatic carbocycles. The SMILES string of the molecule is COc1ccc(-c2ncc(CN(Cc3ccccn3)C[C@H]3CCCO3)cn2)cc1. The zero-order chi connectivity index (χ0) is 19.9. The fourth-order valence-electron chi connectivity index (χ4n) is 3.57. The molecule has 0 saturated carbocycles. The molecule has 3 heterocycles. The van der Waals surface area contributed by atoms with Crippen molar-refractivity contribution in [2.45, 2.75) is 32.0 Å². The van der Waals surface area contributed by atoms with E-state index in [1.165, 1.54) is 0 Å². The van der Waals surface area contributed by atoms with Crippen molar-refractivity contribution in [3.8, 4) is 17.1 Å². The molecule has 1 atom stereocenters. The standard InChI is InChI=1S/C23H26N4O2/c1-28-21-9-7-19(8-10-21)23-25-13-18(14-26-23)15-27(17-22-6-4-12-29-22)16-20-5-2-3-11-24-20/h2-3,5,7-11,13-14,22H,4,6,12,15-17H2,1H3/t22-/m1/s1. The molecule has 29 heavy (non-hydrogen) atoms. The minimum atomic E-state index is 0.290. The number of ether oxygens (including phenoxy) is 2. The molecule has 1 aliphatic rings. The van der Waals surface area contributed by atoms with Crippen molar-refractivity contribution < 1.29 is 9.47 Å². The first kappa shape index (κ1) is 19.5. The Morgan fingerprint density at radius 3 is 2.52 bits per heavy atom. The maximum absolute atomic E-state index is 5.85. The first-order valence-corrected chi connectivity index (χ1v) is 9.99. The van der Waals surface area contributed by atoms with Gasteiger partial charge in [0, 0.05) is 56.0 Å². The molecule has 1 saturated heterocycles. The number of hydrogen-bond acceptors (Lipinski definition) is 6. The van der Waals surface area contributed by atoms with Gasteiger partial charge in [-0.1, -0.05) is 6.07 Å². The van der Waals surface area contributed by atoms with Crippen molar-refractivity contribution in [2.24, 2.45) is 0 Å². The molecule has 0 amide bonds. The number of nitrogens with zero attached hydrogens (tertiary/aromatic N) is 4. The van der Waals surface area contributed by atoms with Gasteiger partial charge in [0.1, 0.15) is 5.75 Å². The second-order valence-corrected chi connectivity index (χ2v) is 7.27. The number of hydrogen-bond donors (Lipinski definition) is 0. The summed E-state index contributed by atoms with van der Waals surface area (Å²) in [5.74, 6) is 1.54. The van der Waals surface area contributed by atoms with Crippen LogP contribution in [0.25, 0.3) is 11.4 Å². The van der Waals surface area contributed by atoms with Crippen LogP contribution < -0.4 is 4.74 Å². The molecular weight excluding hydrogens is 364 g/mol. The van der Waals surface area contributed by atoms with Gasteiger partial charge in [-0.05, 0) is 49.2 Å². The molecule has 0 unspecified atom stereocenters. The van der Waals surface area contributed by atoms with Gasteiger partial charge in [0.15, 0.2) is 5.82 Å². The molecule has 1 aliphatic heterocycles. The highest BCUT2D eigenvalue weighted by Gasteiger charge is 2.20. The summed E-state index contributed by atoms with van der Waals surface area (Å²) in [5.41, 5.74) is 3.11. The summed E-state index contributed by atoms with van der Waals surface area (Å²) in [6.45, 7) is 3.29. The smallest absolute Gasteiger partial charge is 0.159 e. The normalized spacial score (nSPS) is 16.3. The molecule has 1 aromatic carbocycles. The number of pyridine rings is 1. The average Bonchev–Trinajstić information content (AvgIpc) is 3.28. The van der Waals surface area contributed by atoms with Crippen molar-refractivity contribution in [2.75, 3.05) is 20.3 Å². The van der Waals surface area contributed by atoms with E-state index in [1.807, 2.05) is 55.0 Å². The maximum atomic E-state index is 5.85. The third-order valence-electron chi connectivity index (χ3n) is 5.06. The second-order valence-electron chi connectivity index (χ2n) is 7.27. The zero-order valence-corrected chi connectivity index (χ0v) is 16.7. The van der Waals surface area contributed by atoms with Crippen molar-refractivity contribution in [1.82, 2.24) is 19.9 Å². The summed E-state index contributed by atoms with van der Waals surface area (Å²) in [6.07, 6.45) is 8.21. The van der Waals surface area contributed by atoms with Gasteiger partial charge in [0.25, 0.3) is 0 Å².